The highest BCUT2D eigenvalue weighted by Crippen LogP contribution is 2.42. The van der Waals surface area contributed by atoms with E-state index >= 15 is 0 Å². The minimum Gasteiger partial charge on any atom is -0.480 e. The fourth-order valence-corrected chi connectivity index (χ4v) is 2.80. The second-order valence-electron chi connectivity index (χ2n) is 5.52. The molecule has 3 unspecified atom stereocenters. The van der Waals surface area contributed by atoms with Crippen LogP contribution in [-0.4, -0.2) is 35.5 Å². The lowest BCUT2D eigenvalue weighted by atomic mass is 9.66. The minimum absolute atomic E-state index is 0.0350. The molecule has 1 fully saturated rings. The smallest absolute Gasteiger partial charge is 0.322 e. The van der Waals surface area contributed by atoms with E-state index in [9.17, 15) is 14.4 Å². The van der Waals surface area contributed by atoms with Gasteiger partial charge in [-0.05, 0) is 24.1 Å². The average molecular weight is 315 g/mol. The Hall–Kier alpha value is -2.88. The van der Waals surface area contributed by atoms with E-state index in [0.717, 1.165) is 5.56 Å². The van der Waals surface area contributed by atoms with Crippen molar-refractivity contribution in [2.45, 2.75) is 25.3 Å². The zero-order valence-electron chi connectivity index (χ0n) is 12.6. The first kappa shape index (κ1) is 16.5. The van der Waals surface area contributed by atoms with Gasteiger partial charge in [0.15, 0.2) is 0 Å². The largest absolute Gasteiger partial charge is 0.480 e. The molecule has 1 aromatic carbocycles. The molecule has 7 heteroatoms. The van der Waals surface area contributed by atoms with Crippen molar-refractivity contribution in [3.8, 4) is 6.07 Å². The van der Waals surface area contributed by atoms with Crippen molar-refractivity contribution in [1.29, 1.82) is 5.26 Å². The standard InChI is InChI=1S/C16H17N3O4/c1-9(20)19-15-12(11-4-2-10(7-17)3-5-11)6-13(15)16(23)18-8-14(21)22/h2-5,12-13,15H,6,8H2,1H3,(H,18,23)(H,19,20)(H,21,22). The van der Waals surface area contributed by atoms with Crippen LogP contribution in [0.5, 0.6) is 0 Å². The SMILES string of the molecule is CC(=O)NC1C(C(=O)NCC(=O)O)CC1c1ccc(C#N)cc1. The summed E-state index contributed by atoms with van der Waals surface area (Å²) in [4.78, 5) is 33.9. The number of nitrogens with zero attached hydrogens (tertiary/aromatic N) is 1. The van der Waals surface area contributed by atoms with Gasteiger partial charge in [-0.2, -0.15) is 5.26 Å². The zero-order chi connectivity index (χ0) is 17.0. The summed E-state index contributed by atoms with van der Waals surface area (Å²) < 4.78 is 0. The summed E-state index contributed by atoms with van der Waals surface area (Å²) >= 11 is 0. The summed E-state index contributed by atoms with van der Waals surface area (Å²) in [6.45, 7) is 0.935. The number of carbonyl (C=O) groups is 3. The van der Waals surface area contributed by atoms with Gasteiger partial charge in [0, 0.05) is 18.9 Å². The highest BCUT2D eigenvalue weighted by Gasteiger charge is 2.46. The van der Waals surface area contributed by atoms with Crippen LogP contribution in [0.15, 0.2) is 24.3 Å². The van der Waals surface area contributed by atoms with Crippen molar-refractivity contribution in [1.82, 2.24) is 10.6 Å². The third-order valence-electron chi connectivity index (χ3n) is 3.96. The van der Waals surface area contributed by atoms with E-state index in [0.29, 0.717) is 12.0 Å². The van der Waals surface area contributed by atoms with E-state index in [-0.39, 0.29) is 23.8 Å². The number of hydrogen-bond donors (Lipinski definition) is 3. The van der Waals surface area contributed by atoms with Gasteiger partial charge < -0.3 is 15.7 Å². The Kier molecular flexibility index (Phi) is 4.96. The van der Waals surface area contributed by atoms with Crippen molar-refractivity contribution in [3.05, 3.63) is 35.4 Å². The molecule has 2 amide bonds. The van der Waals surface area contributed by atoms with Crippen LogP contribution in [0, 0.1) is 17.2 Å². The normalized spacial score (nSPS) is 22.3. The quantitative estimate of drug-likeness (QED) is 0.725. The molecule has 120 valence electrons. The minimum atomic E-state index is -1.11. The lowest BCUT2D eigenvalue weighted by Gasteiger charge is -2.44. The predicted octanol–water partition coefficient (Wildman–Crippen LogP) is 0.367. The molecule has 1 aliphatic carbocycles. The second kappa shape index (κ2) is 6.92. The Morgan fingerprint density at radius 1 is 1.30 bits per heavy atom. The third kappa shape index (κ3) is 3.86. The van der Waals surface area contributed by atoms with Gasteiger partial charge in [-0.1, -0.05) is 12.1 Å². The van der Waals surface area contributed by atoms with Crippen LogP contribution in [0.3, 0.4) is 0 Å². The zero-order valence-corrected chi connectivity index (χ0v) is 12.6. The van der Waals surface area contributed by atoms with Crippen LogP contribution in [0.4, 0.5) is 0 Å². The number of nitrogens with one attached hydrogen (secondary N) is 2. The molecule has 3 atom stereocenters. The summed E-state index contributed by atoms with van der Waals surface area (Å²) in [6, 6.07) is 8.66. The number of amides is 2. The molecule has 0 aromatic heterocycles. The van der Waals surface area contributed by atoms with Crippen molar-refractivity contribution in [3.63, 3.8) is 0 Å². The Morgan fingerprint density at radius 2 is 1.96 bits per heavy atom. The van der Waals surface area contributed by atoms with Crippen molar-refractivity contribution in [2.75, 3.05) is 6.54 Å². The second-order valence-corrected chi connectivity index (χ2v) is 5.52. The van der Waals surface area contributed by atoms with Gasteiger partial charge in [-0.3, -0.25) is 14.4 Å². The maximum atomic E-state index is 12.0. The number of benzene rings is 1. The fraction of sp³-hybridized carbons (Fsp3) is 0.375. The maximum absolute atomic E-state index is 12.0. The number of carbonyl (C=O) groups excluding carboxylic acids is 2. The van der Waals surface area contributed by atoms with Crippen molar-refractivity contribution >= 4 is 17.8 Å². The summed E-state index contributed by atoms with van der Waals surface area (Å²) in [5.41, 5.74) is 1.48. The Bertz CT molecular complexity index is 663. The summed E-state index contributed by atoms with van der Waals surface area (Å²) in [5, 5.41) is 22.5. The number of rotatable bonds is 5. The number of hydrogen-bond acceptors (Lipinski definition) is 4. The summed E-state index contributed by atoms with van der Waals surface area (Å²) in [5.74, 6) is -2.23. The lowest BCUT2D eigenvalue weighted by Crippen LogP contribution is -2.57. The molecule has 2 rings (SSSR count). The molecule has 0 spiro atoms. The Labute approximate surface area is 133 Å². The van der Waals surface area contributed by atoms with E-state index in [1.54, 1.807) is 12.1 Å². The molecular weight excluding hydrogens is 298 g/mol. The van der Waals surface area contributed by atoms with Crippen LogP contribution in [0.1, 0.15) is 30.4 Å². The van der Waals surface area contributed by atoms with Crippen LogP contribution < -0.4 is 10.6 Å². The van der Waals surface area contributed by atoms with Crippen molar-refractivity contribution < 1.29 is 19.5 Å². The Morgan fingerprint density at radius 3 is 2.48 bits per heavy atom. The first-order valence-electron chi connectivity index (χ1n) is 7.19. The number of aliphatic carboxylic acids is 1. The maximum Gasteiger partial charge on any atom is 0.322 e. The topological polar surface area (TPSA) is 119 Å². The van der Waals surface area contributed by atoms with Crippen LogP contribution >= 0.6 is 0 Å². The van der Waals surface area contributed by atoms with Gasteiger partial charge in [0.2, 0.25) is 11.8 Å². The fourth-order valence-electron chi connectivity index (χ4n) is 2.80. The molecule has 0 heterocycles. The molecule has 3 N–H and O–H groups in total. The third-order valence-corrected chi connectivity index (χ3v) is 3.96. The highest BCUT2D eigenvalue weighted by atomic mass is 16.4. The first-order valence-corrected chi connectivity index (χ1v) is 7.19. The summed E-state index contributed by atoms with van der Waals surface area (Å²) in [6.07, 6.45) is 0.516. The number of carboxylic acids is 1. The summed E-state index contributed by atoms with van der Waals surface area (Å²) in [7, 11) is 0. The first-order chi connectivity index (χ1) is 10.9. The van der Waals surface area contributed by atoms with Gasteiger partial charge in [0.25, 0.3) is 0 Å². The van der Waals surface area contributed by atoms with E-state index in [4.69, 9.17) is 10.4 Å². The molecule has 0 bridgehead atoms. The molecule has 1 aromatic rings. The van der Waals surface area contributed by atoms with Gasteiger partial charge in [-0.15, -0.1) is 0 Å². The van der Waals surface area contributed by atoms with E-state index < -0.39 is 18.4 Å². The van der Waals surface area contributed by atoms with E-state index in [1.165, 1.54) is 6.92 Å². The van der Waals surface area contributed by atoms with Crippen LogP contribution in [0.25, 0.3) is 0 Å². The lowest BCUT2D eigenvalue weighted by molar-refractivity contribution is -0.140. The highest BCUT2D eigenvalue weighted by molar-refractivity contribution is 5.85. The van der Waals surface area contributed by atoms with Crippen LogP contribution in [-0.2, 0) is 14.4 Å². The molecule has 0 saturated heterocycles. The average Bonchev–Trinajstić information content (AvgIpc) is 2.50. The van der Waals surface area contributed by atoms with Gasteiger partial charge in [0.1, 0.15) is 6.54 Å². The molecular formula is C16H17N3O4. The van der Waals surface area contributed by atoms with E-state index in [2.05, 4.69) is 10.6 Å². The van der Waals surface area contributed by atoms with Crippen LogP contribution in [0.2, 0.25) is 0 Å². The Balaban J connectivity index is 2.09. The monoisotopic (exact) mass is 315 g/mol. The van der Waals surface area contributed by atoms with Crippen molar-refractivity contribution in [2.24, 2.45) is 5.92 Å². The molecule has 0 aliphatic heterocycles. The molecule has 0 radical (unpaired) electrons. The van der Waals surface area contributed by atoms with Gasteiger partial charge >= 0.3 is 5.97 Å². The molecule has 1 aliphatic rings. The molecule has 1 saturated carbocycles. The molecule has 23 heavy (non-hydrogen) atoms. The number of nitriles is 1. The molecule has 7 nitrogen and oxygen atoms in total. The van der Waals surface area contributed by atoms with Gasteiger partial charge in [-0.25, -0.2) is 0 Å². The van der Waals surface area contributed by atoms with Gasteiger partial charge in [0.05, 0.1) is 17.6 Å². The predicted molar refractivity (Wildman–Crippen MR) is 80.3 cm³/mol. The van der Waals surface area contributed by atoms with E-state index in [1.807, 2.05) is 18.2 Å². The number of carboxylic acid groups (broad SMARTS) is 1.